The Labute approximate surface area is 212 Å². The van der Waals surface area contributed by atoms with Crippen LogP contribution in [0.2, 0.25) is 0 Å². The molecular weight excluding hydrogens is 444 g/mol. The third kappa shape index (κ3) is 4.35. The fourth-order valence-corrected chi connectivity index (χ4v) is 5.85. The smallest absolute Gasteiger partial charge is 0.407 e. The fraction of sp³-hybridized carbons (Fsp3) is 0.219. The molecular formula is C32H30N2O2. The van der Waals surface area contributed by atoms with Crippen molar-refractivity contribution in [2.75, 3.05) is 4.90 Å². The minimum atomic E-state index is -0.378. The van der Waals surface area contributed by atoms with Crippen LogP contribution in [0.15, 0.2) is 109 Å². The van der Waals surface area contributed by atoms with Gasteiger partial charge in [-0.05, 0) is 47.1 Å². The van der Waals surface area contributed by atoms with Crippen LogP contribution < -0.4 is 10.2 Å². The summed E-state index contributed by atoms with van der Waals surface area (Å²) in [4.78, 5) is 15.5. The van der Waals surface area contributed by atoms with E-state index in [1.54, 1.807) is 0 Å². The van der Waals surface area contributed by atoms with Crippen LogP contribution in [0, 0.1) is 0 Å². The molecule has 0 aromatic heterocycles. The van der Waals surface area contributed by atoms with E-state index >= 15 is 0 Å². The molecule has 1 amide bonds. The van der Waals surface area contributed by atoms with Gasteiger partial charge < -0.3 is 15.0 Å². The van der Waals surface area contributed by atoms with Gasteiger partial charge in [0.1, 0.15) is 6.61 Å². The number of nitrogens with one attached hydrogen (secondary N) is 1. The zero-order valence-corrected chi connectivity index (χ0v) is 20.2. The van der Waals surface area contributed by atoms with Gasteiger partial charge >= 0.3 is 6.09 Å². The van der Waals surface area contributed by atoms with Gasteiger partial charge in [-0.15, -0.1) is 0 Å². The van der Waals surface area contributed by atoms with Crippen molar-refractivity contribution in [1.29, 1.82) is 0 Å². The summed E-state index contributed by atoms with van der Waals surface area (Å²) in [5.74, 6) is 0. The molecule has 0 bridgehead atoms. The molecule has 0 unspecified atom stereocenters. The number of carbonyl (C=O) groups is 1. The second kappa shape index (κ2) is 9.90. The normalized spacial score (nSPS) is 20.3. The second-order valence-electron chi connectivity index (χ2n) is 9.65. The largest absolute Gasteiger partial charge is 0.445 e. The number of nitrogens with zero attached hydrogens (tertiary/aromatic N) is 1. The van der Waals surface area contributed by atoms with E-state index in [0.29, 0.717) is 0 Å². The zero-order valence-electron chi connectivity index (χ0n) is 20.2. The fourth-order valence-electron chi connectivity index (χ4n) is 5.85. The molecule has 1 N–H and O–H groups in total. The first-order valence-corrected chi connectivity index (χ1v) is 12.7. The maximum absolute atomic E-state index is 12.9. The second-order valence-corrected chi connectivity index (χ2v) is 9.65. The van der Waals surface area contributed by atoms with Crippen LogP contribution >= 0.6 is 0 Å². The standard InChI is InChI=1S/C32H30N2O2/c35-32(36-22-23-11-4-1-5-12-23)33-28-21-30(25-15-8-3-9-16-25)34-29(24-13-6-2-7-14-24)20-19-26-17-10-18-27(28)31(26)34/h1-18,28-30H,19-22H2,(H,33,35)/t28-,29+,30-/m0/s1. The summed E-state index contributed by atoms with van der Waals surface area (Å²) in [5, 5.41) is 3.21. The van der Waals surface area contributed by atoms with Crippen LogP contribution in [0.25, 0.3) is 0 Å². The number of anilines is 1. The number of rotatable bonds is 5. The molecule has 0 saturated carbocycles. The van der Waals surface area contributed by atoms with E-state index in [9.17, 15) is 4.79 Å². The van der Waals surface area contributed by atoms with E-state index in [0.717, 1.165) is 24.8 Å². The first kappa shape index (κ1) is 22.4. The molecule has 6 rings (SSSR count). The lowest BCUT2D eigenvalue weighted by Crippen LogP contribution is -2.44. The molecule has 4 aromatic rings. The maximum Gasteiger partial charge on any atom is 0.407 e. The van der Waals surface area contributed by atoms with Crippen molar-refractivity contribution in [2.45, 2.75) is 44.0 Å². The number of alkyl carbamates (subject to hydrolysis) is 1. The van der Waals surface area contributed by atoms with E-state index < -0.39 is 0 Å². The first-order valence-electron chi connectivity index (χ1n) is 12.7. The van der Waals surface area contributed by atoms with Crippen molar-refractivity contribution in [3.63, 3.8) is 0 Å². The lowest BCUT2D eigenvalue weighted by Gasteiger charge is -2.50. The highest BCUT2D eigenvalue weighted by atomic mass is 16.5. The molecule has 4 aromatic carbocycles. The third-order valence-electron chi connectivity index (χ3n) is 7.48. The van der Waals surface area contributed by atoms with Crippen LogP contribution in [-0.4, -0.2) is 6.09 Å². The summed E-state index contributed by atoms with van der Waals surface area (Å²) < 4.78 is 5.61. The topological polar surface area (TPSA) is 41.6 Å². The average molecular weight is 475 g/mol. The Morgan fingerprint density at radius 3 is 2.11 bits per heavy atom. The van der Waals surface area contributed by atoms with E-state index in [1.807, 2.05) is 30.3 Å². The molecule has 2 aliphatic heterocycles. The predicted octanol–water partition coefficient (Wildman–Crippen LogP) is 7.29. The van der Waals surface area contributed by atoms with Gasteiger partial charge in [0.2, 0.25) is 0 Å². The quantitative estimate of drug-likeness (QED) is 0.330. The molecule has 0 fully saturated rings. The minimum Gasteiger partial charge on any atom is -0.445 e. The Morgan fingerprint density at radius 2 is 1.42 bits per heavy atom. The van der Waals surface area contributed by atoms with Crippen molar-refractivity contribution in [3.8, 4) is 0 Å². The molecule has 0 radical (unpaired) electrons. The van der Waals surface area contributed by atoms with E-state index in [2.05, 4.69) is 89.1 Å². The number of amides is 1. The highest BCUT2D eigenvalue weighted by Gasteiger charge is 2.41. The predicted molar refractivity (Wildman–Crippen MR) is 143 cm³/mol. The van der Waals surface area contributed by atoms with Crippen LogP contribution in [0.1, 0.15) is 58.8 Å². The lowest BCUT2D eigenvalue weighted by molar-refractivity contribution is 0.134. The van der Waals surface area contributed by atoms with Crippen molar-refractivity contribution in [2.24, 2.45) is 0 Å². The van der Waals surface area contributed by atoms with Gasteiger partial charge in [-0.1, -0.05) is 109 Å². The number of aryl methyl sites for hydroxylation is 1. The van der Waals surface area contributed by atoms with Gasteiger partial charge in [0.25, 0.3) is 0 Å². The summed E-state index contributed by atoms with van der Waals surface area (Å²) in [7, 11) is 0. The Hall–Kier alpha value is -4.05. The van der Waals surface area contributed by atoms with Crippen molar-refractivity contribution >= 4 is 11.8 Å². The number of ether oxygens (including phenoxy) is 1. The summed E-state index contributed by atoms with van der Waals surface area (Å²) >= 11 is 0. The van der Waals surface area contributed by atoms with Crippen LogP contribution in [-0.2, 0) is 17.8 Å². The summed E-state index contributed by atoms with van der Waals surface area (Å²) in [6, 6.07) is 38.2. The molecule has 0 spiro atoms. The van der Waals surface area contributed by atoms with Crippen LogP contribution in [0.4, 0.5) is 10.5 Å². The van der Waals surface area contributed by atoms with Gasteiger partial charge in [-0.2, -0.15) is 0 Å². The van der Waals surface area contributed by atoms with Crippen molar-refractivity contribution < 1.29 is 9.53 Å². The highest BCUT2D eigenvalue weighted by molar-refractivity contribution is 5.72. The number of benzene rings is 4. The number of hydrogen-bond acceptors (Lipinski definition) is 3. The Morgan fingerprint density at radius 1 is 0.778 bits per heavy atom. The Balaban J connectivity index is 1.35. The molecule has 36 heavy (non-hydrogen) atoms. The van der Waals surface area contributed by atoms with Crippen molar-refractivity contribution in [3.05, 3.63) is 137 Å². The number of para-hydroxylation sites is 1. The number of carbonyl (C=O) groups excluding carboxylic acids is 1. The van der Waals surface area contributed by atoms with Gasteiger partial charge in [-0.25, -0.2) is 4.79 Å². The number of hydrogen-bond donors (Lipinski definition) is 1. The van der Waals surface area contributed by atoms with Gasteiger partial charge in [0, 0.05) is 5.69 Å². The molecule has 2 heterocycles. The van der Waals surface area contributed by atoms with Crippen LogP contribution in [0.5, 0.6) is 0 Å². The molecule has 2 aliphatic rings. The van der Waals surface area contributed by atoms with E-state index in [1.165, 1.54) is 27.9 Å². The minimum absolute atomic E-state index is 0.126. The average Bonchev–Trinajstić information content (AvgIpc) is 2.95. The SMILES string of the molecule is O=C(N[C@H]1C[C@@H](c2ccccc2)N2c3c(cccc31)CC[C@@H]2c1ccccc1)OCc1ccccc1. The maximum atomic E-state index is 12.9. The molecule has 4 nitrogen and oxygen atoms in total. The molecule has 4 heteroatoms. The van der Waals surface area contributed by atoms with Crippen LogP contribution in [0.3, 0.4) is 0 Å². The Bertz CT molecular complexity index is 1320. The molecule has 0 saturated heterocycles. The van der Waals surface area contributed by atoms with E-state index in [4.69, 9.17) is 4.74 Å². The lowest BCUT2D eigenvalue weighted by atomic mass is 9.79. The summed E-state index contributed by atoms with van der Waals surface area (Å²) in [6.07, 6.45) is 2.49. The van der Waals surface area contributed by atoms with Gasteiger partial charge in [0.15, 0.2) is 0 Å². The van der Waals surface area contributed by atoms with Gasteiger partial charge in [0.05, 0.1) is 18.1 Å². The molecule has 180 valence electrons. The van der Waals surface area contributed by atoms with Crippen molar-refractivity contribution in [1.82, 2.24) is 5.32 Å². The molecule has 3 atom stereocenters. The Kier molecular flexibility index (Phi) is 6.17. The highest BCUT2D eigenvalue weighted by Crippen LogP contribution is 2.52. The summed E-state index contributed by atoms with van der Waals surface area (Å²) in [5.41, 5.74) is 7.39. The third-order valence-corrected chi connectivity index (χ3v) is 7.48. The monoisotopic (exact) mass is 474 g/mol. The first-order chi connectivity index (χ1) is 17.8. The zero-order chi connectivity index (χ0) is 24.3. The summed E-state index contributed by atoms with van der Waals surface area (Å²) in [6.45, 7) is 0.261. The van der Waals surface area contributed by atoms with E-state index in [-0.39, 0.29) is 30.8 Å². The molecule has 0 aliphatic carbocycles. The van der Waals surface area contributed by atoms with Gasteiger partial charge in [-0.3, -0.25) is 0 Å².